The summed E-state index contributed by atoms with van der Waals surface area (Å²) >= 11 is 5.72. The van der Waals surface area contributed by atoms with Gasteiger partial charge in [-0.15, -0.1) is 0 Å². The number of rotatable bonds is 6. The molecular weight excluding hydrogens is 458 g/mol. The van der Waals surface area contributed by atoms with E-state index in [4.69, 9.17) is 11.6 Å². The molecule has 3 aromatic carbocycles. The van der Waals surface area contributed by atoms with Gasteiger partial charge >= 0.3 is 0 Å². The minimum absolute atomic E-state index is 0.0122. The van der Waals surface area contributed by atoms with Gasteiger partial charge in [0.25, 0.3) is 0 Å². The number of nitrogens with one attached hydrogen (secondary N) is 1. The van der Waals surface area contributed by atoms with E-state index in [1.165, 1.54) is 41.1 Å². The van der Waals surface area contributed by atoms with Crippen LogP contribution in [0.5, 0.6) is 0 Å². The van der Waals surface area contributed by atoms with Gasteiger partial charge in [0.05, 0.1) is 16.3 Å². The molecule has 9 heteroatoms. The Bertz CT molecular complexity index is 1430. The Balaban J connectivity index is 1.65. The third-order valence-electron chi connectivity index (χ3n) is 4.91. The molecule has 0 saturated heterocycles. The largest absolute Gasteiger partial charge is 0.337 e. The fourth-order valence-corrected chi connectivity index (χ4v) is 5.18. The third-order valence-corrected chi connectivity index (χ3v) is 6.83. The zero-order valence-corrected chi connectivity index (χ0v) is 18.1. The predicted octanol–water partition coefficient (Wildman–Crippen LogP) is 5.19. The van der Waals surface area contributed by atoms with E-state index < -0.39 is 33.1 Å². The number of amides is 1. The zero-order valence-electron chi connectivity index (χ0n) is 16.6. The van der Waals surface area contributed by atoms with Gasteiger partial charge in [-0.3, -0.25) is 4.79 Å². The smallest absolute Gasteiger partial charge is 0.244 e. The summed E-state index contributed by atoms with van der Waals surface area (Å²) in [5, 5.41) is 3.06. The summed E-state index contributed by atoms with van der Waals surface area (Å²) in [7, 11) is -3.91. The van der Waals surface area contributed by atoms with Gasteiger partial charge in [0.1, 0.15) is 18.2 Å². The van der Waals surface area contributed by atoms with E-state index in [-0.39, 0.29) is 27.7 Å². The van der Waals surface area contributed by atoms with Crippen molar-refractivity contribution in [3.63, 3.8) is 0 Å². The molecule has 0 fully saturated rings. The molecule has 0 aliphatic rings. The van der Waals surface area contributed by atoms with Crippen LogP contribution in [0.4, 0.5) is 14.5 Å². The van der Waals surface area contributed by atoms with Gasteiger partial charge in [-0.05, 0) is 30.3 Å². The van der Waals surface area contributed by atoms with Crippen LogP contribution in [-0.4, -0.2) is 18.9 Å². The number of sulfone groups is 1. The predicted molar refractivity (Wildman–Crippen MR) is 119 cm³/mol. The Labute approximate surface area is 188 Å². The van der Waals surface area contributed by atoms with Crippen molar-refractivity contribution in [2.75, 3.05) is 5.32 Å². The molecule has 0 aliphatic carbocycles. The number of anilines is 1. The third kappa shape index (κ3) is 4.51. The molecule has 4 rings (SSSR count). The molecule has 4 aromatic rings. The van der Waals surface area contributed by atoms with Gasteiger partial charge < -0.3 is 9.88 Å². The number of hydrogen-bond donors (Lipinski definition) is 1. The minimum atomic E-state index is -3.91. The fourth-order valence-electron chi connectivity index (χ4n) is 3.42. The molecule has 164 valence electrons. The summed E-state index contributed by atoms with van der Waals surface area (Å²) in [6.45, 7) is -0.252. The Hall–Kier alpha value is -3.23. The number of carbonyl (C=O) groups excluding carboxylic acids is 1. The first-order valence-electron chi connectivity index (χ1n) is 9.53. The van der Waals surface area contributed by atoms with Crippen molar-refractivity contribution in [3.8, 4) is 0 Å². The molecule has 0 radical (unpaired) electrons. The van der Waals surface area contributed by atoms with Crippen LogP contribution in [0.15, 0.2) is 77.8 Å². The maximum absolute atomic E-state index is 14.0. The van der Waals surface area contributed by atoms with Crippen molar-refractivity contribution in [1.82, 2.24) is 4.57 Å². The molecule has 0 aliphatic heterocycles. The zero-order chi connectivity index (χ0) is 22.9. The normalized spacial score (nSPS) is 11.6. The number of nitrogens with zero attached hydrogens (tertiary/aromatic N) is 1. The van der Waals surface area contributed by atoms with Gasteiger partial charge in [-0.2, -0.15) is 0 Å². The summed E-state index contributed by atoms with van der Waals surface area (Å²) in [6.07, 6.45) is 1.35. The quantitative estimate of drug-likeness (QED) is 0.418. The Morgan fingerprint density at radius 2 is 1.69 bits per heavy atom. The molecule has 5 nitrogen and oxygen atoms in total. The average Bonchev–Trinajstić information content (AvgIpc) is 3.11. The van der Waals surface area contributed by atoms with Crippen molar-refractivity contribution in [2.24, 2.45) is 0 Å². The van der Waals surface area contributed by atoms with Crippen LogP contribution < -0.4 is 5.32 Å². The van der Waals surface area contributed by atoms with E-state index in [0.29, 0.717) is 10.9 Å². The van der Waals surface area contributed by atoms with Crippen LogP contribution in [0.3, 0.4) is 0 Å². The number of halogens is 3. The fraction of sp³-hybridized carbons (Fsp3) is 0.0870. The van der Waals surface area contributed by atoms with Crippen molar-refractivity contribution in [2.45, 2.75) is 17.2 Å². The lowest BCUT2D eigenvalue weighted by Crippen LogP contribution is -2.19. The van der Waals surface area contributed by atoms with Crippen LogP contribution >= 0.6 is 11.6 Å². The number of para-hydroxylation sites is 1. The van der Waals surface area contributed by atoms with E-state index >= 15 is 0 Å². The molecule has 0 saturated carbocycles. The first kappa shape index (κ1) is 22.0. The van der Waals surface area contributed by atoms with Crippen LogP contribution in [0.2, 0.25) is 5.02 Å². The second-order valence-corrected chi connectivity index (χ2v) is 9.56. The van der Waals surface area contributed by atoms with Crippen molar-refractivity contribution >= 4 is 43.9 Å². The van der Waals surface area contributed by atoms with Gasteiger partial charge in [-0.1, -0.05) is 48.0 Å². The SMILES string of the molecule is O=C(Cn1cc(S(=O)(=O)Cc2ccccc2F)c2ccccc21)Nc1ccc(Cl)cc1F. The van der Waals surface area contributed by atoms with Gasteiger partial charge in [0, 0.05) is 27.7 Å². The van der Waals surface area contributed by atoms with E-state index in [2.05, 4.69) is 5.32 Å². The summed E-state index contributed by atoms with van der Waals surface area (Å²) in [5.74, 6) is -2.36. The molecule has 1 aromatic heterocycles. The summed E-state index contributed by atoms with van der Waals surface area (Å²) in [6, 6.07) is 16.2. The van der Waals surface area contributed by atoms with E-state index in [1.54, 1.807) is 30.3 Å². The summed E-state index contributed by atoms with van der Waals surface area (Å²) < 4.78 is 55.7. The van der Waals surface area contributed by atoms with Crippen LogP contribution in [0.25, 0.3) is 10.9 Å². The summed E-state index contributed by atoms with van der Waals surface area (Å²) in [5.41, 5.74) is 0.523. The number of hydrogen-bond acceptors (Lipinski definition) is 3. The highest BCUT2D eigenvalue weighted by Gasteiger charge is 2.23. The number of benzene rings is 3. The number of carbonyl (C=O) groups is 1. The summed E-state index contributed by atoms with van der Waals surface area (Å²) in [4.78, 5) is 12.5. The molecule has 1 N–H and O–H groups in total. The highest BCUT2D eigenvalue weighted by atomic mass is 35.5. The average molecular weight is 475 g/mol. The number of fused-ring (bicyclic) bond motifs is 1. The molecule has 32 heavy (non-hydrogen) atoms. The van der Waals surface area contributed by atoms with Gasteiger partial charge in [-0.25, -0.2) is 17.2 Å². The molecular formula is C23H17ClF2N2O3S. The number of aromatic nitrogens is 1. The lowest BCUT2D eigenvalue weighted by Gasteiger charge is -2.08. The maximum Gasteiger partial charge on any atom is 0.244 e. The van der Waals surface area contributed by atoms with Crippen LogP contribution in [0.1, 0.15) is 5.56 Å². The topological polar surface area (TPSA) is 68.2 Å². The second kappa shape index (κ2) is 8.72. The highest BCUT2D eigenvalue weighted by Crippen LogP contribution is 2.29. The lowest BCUT2D eigenvalue weighted by atomic mass is 10.2. The van der Waals surface area contributed by atoms with E-state index in [1.807, 2.05) is 0 Å². The molecule has 1 amide bonds. The molecule has 0 bridgehead atoms. The molecule has 0 atom stereocenters. The Morgan fingerprint density at radius 3 is 2.44 bits per heavy atom. The second-order valence-electron chi connectivity index (χ2n) is 7.16. The van der Waals surface area contributed by atoms with E-state index in [9.17, 15) is 22.0 Å². The monoisotopic (exact) mass is 474 g/mol. The highest BCUT2D eigenvalue weighted by molar-refractivity contribution is 7.90. The van der Waals surface area contributed by atoms with Crippen LogP contribution in [-0.2, 0) is 26.9 Å². The lowest BCUT2D eigenvalue weighted by molar-refractivity contribution is -0.116. The van der Waals surface area contributed by atoms with Crippen molar-refractivity contribution in [3.05, 3.63) is 95.1 Å². The molecule has 0 spiro atoms. The van der Waals surface area contributed by atoms with Crippen molar-refractivity contribution < 1.29 is 22.0 Å². The van der Waals surface area contributed by atoms with Crippen molar-refractivity contribution in [1.29, 1.82) is 0 Å². The first-order valence-corrected chi connectivity index (χ1v) is 11.6. The maximum atomic E-state index is 14.0. The Morgan fingerprint density at radius 1 is 0.969 bits per heavy atom. The minimum Gasteiger partial charge on any atom is -0.337 e. The first-order chi connectivity index (χ1) is 15.2. The Kier molecular flexibility index (Phi) is 5.99. The molecule has 0 unspecified atom stereocenters. The molecule has 1 heterocycles. The van der Waals surface area contributed by atoms with Gasteiger partial charge in [0.2, 0.25) is 5.91 Å². The standard InChI is InChI=1S/C23H17ClF2N2O3S/c24-16-9-10-20(19(26)11-16)27-23(29)13-28-12-22(17-6-2-4-8-21(17)28)32(30,31)14-15-5-1-3-7-18(15)25/h1-12H,13-14H2,(H,27,29). The van der Waals surface area contributed by atoms with Gasteiger partial charge in [0.15, 0.2) is 9.84 Å². The van der Waals surface area contributed by atoms with Crippen LogP contribution in [0, 0.1) is 11.6 Å². The van der Waals surface area contributed by atoms with E-state index in [0.717, 1.165) is 6.07 Å².